The van der Waals surface area contributed by atoms with Gasteiger partial charge in [-0.05, 0) is 24.1 Å². The van der Waals surface area contributed by atoms with Gasteiger partial charge in [0.05, 0.1) is 0 Å². The van der Waals surface area contributed by atoms with E-state index in [1.807, 2.05) is 31.2 Å². The largest absolute Gasteiger partial charge is 0.480 e. The molecule has 0 radical (unpaired) electrons. The minimum Gasteiger partial charge on any atom is -0.480 e. The van der Waals surface area contributed by atoms with E-state index in [0.29, 0.717) is 0 Å². The Morgan fingerprint density at radius 1 is 1.37 bits per heavy atom. The van der Waals surface area contributed by atoms with E-state index >= 15 is 0 Å². The van der Waals surface area contributed by atoms with Crippen molar-refractivity contribution in [3.63, 3.8) is 0 Å². The second-order valence-corrected chi connectivity index (χ2v) is 4.10. The molecular formula is C14H17NO4. The molecule has 0 fully saturated rings. The average molecular weight is 263 g/mol. The summed E-state index contributed by atoms with van der Waals surface area (Å²) in [6, 6.07) is 6.47. The summed E-state index contributed by atoms with van der Waals surface area (Å²) in [6.45, 7) is 1.63. The first-order chi connectivity index (χ1) is 9.04. The van der Waals surface area contributed by atoms with Gasteiger partial charge in [0.1, 0.15) is 6.04 Å². The first-order valence-corrected chi connectivity index (χ1v) is 5.92. The third-order valence-electron chi connectivity index (χ3n) is 2.64. The van der Waals surface area contributed by atoms with Crippen LogP contribution in [0, 0.1) is 6.92 Å². The van der Waals surface area contributed by atoms with Crippen LogP contribution in [0.5, 0.6) is 0 Å². The number of nitrogens with one attached hydrogen (secondary N) is 1. The van der Waals surface area contributed by atoms with Crippen LogP contribution >= 0.6 is 0 Å². The average Bonchev–Trinajstić information content (AvgIpc) is 2.37. The second kappa shape index (κ2) is 7.33. The molecule has 3 N–H and O–H groups in total. The highest BCUT2D eigenvalue weighted by Gasteiger charge is 2.17. The number of hydrogen-bond acceptors (Lipinski definition) is 3. The smallest absolute Gasteiger partial charge is 0.326 e. The molecule has 19 heavy (non-hydrogen) atoms. The molecule has 0 bridgehead atoms. The lowest BCUT2D eigenvalue weighted by molar-refractivity contribution is -0.141. The van der Waals surface area contributed by atoms with Gasteiger partial charge in [0.2, 0.25) is 5.91 Å². The monoisotopic (exact) mass is 263 g/mol. The summed E-state index contributed by atoms with van der Waals surface area (Å²) >= 11 is 0. The predicted molar refractivity (Wildman–Crippen MR) is 71.5 cm³/mol. The van der Waals surface area contributed by atoms with Gasteiger partial charge >= 0.3 is 5.97 Å². The number of benzene rings is 1. The number of amides is 1. The molecule has 1 aromatic carbocycles. The highest BCUT2D eigenvalue weighted by Crippen LogP contribution is 2.08. The first-order valence-electron chi connectivity index (χ1n) is 5.92. The van der Waals surface area contributed by atoms with Crippen LogP contribution in [0.25, 0.3) is 6.08 Å². The van der Waals surface area contributed by atoms with Gasteiger partial charge in [-0.3, -0.25) is 4.79 Å². The Balaban J connectivity index is 2.64. The number of carbonyl (C=O) groups is 2. The summed E-state index contributed by atoms with van der Waals surface area (Å²) in [5.74, 6) is -1.66. The fraction of sp³-hybridized carbons (Fsp3) is 0.286. The zero-order valence-electron chi connectivity index (χ0n) is 10.7. The van der Waals surface area contributed by atoms with Crippen molar-refractivity contribution in [3.8, 4) is 0 Å². The molecule has 102 valence electrons. The molecule has 0 heterocycles. The van der Waals surface area contributed by atoms with Gasteiger partial charge in [-0.25, -0.2) is 4.79 Å². The molecule has 1 aromatic rings. The van der Waals surface area contributed by atoms with Gasteiger partial charge in [-0.1, -0.05) is 24.3 Å². The van der Waals surface area contributed by atoms with Crippen molar-refractivity contribution >= 4 is 18.0 Å². The summed E-state index contributed by atoms with van der Waals surface area (Å²) in [5, 5.41) is 19.9. The first kappa shape index (κ1) is 14.9. The summed E-state index contributed by atoms with van der Waals surface area (Å²) in [6.07, 6.45) is 2.90. The van der Waals surface area contributed by atoms with E-state index in [4.69, 9.17) is 10.2 Å². The van der Waals surface area contributed by atoms with Crippen molar-refractivity contribution in [1.29, 1.82) is 0 Å². The molecule has 1 amide bonds. The molecule has 5 heteroatoms. The molecule has 0 unspecified atom stereocenters. The lowest BCUT2D eigenvalue weighted by Crippen LogP contribution is -2.40. The van der Waals surface area contributed by atoms with Gasteiger partial charge in [-0.15, -0.1) is 0 Å². The Bertz CT molecular complexity index is 482. The van der Waals surface area contributed by atoms with Gasteiger partial charge in [-0.2, -0.15) is 0 Å². The molecule has 1 rings (SSSR count). The third kappa shape index (κ3) is 4.93. The molecule has 0 aliphatic heterocycles. The molecule has 0 saturated heterocycles. The van der Waals surface area contributed by atoms with Crippen LogP contribution < -0.4 is 5.32 Å². The van der Waals surface area contributed by atoms with Crippen molar-refractivity contribution < 1.29 is 19.8 Å². The maximum absolute atomic E-state index is 11.6. The van der Waals surface area contributed by atoms with Crippen molar-refractivity contribution in [1.82, 2.24) is 5.32 Å². The number of carboxylic acid groups (broad SMARTS) is 1. The van der Waals surface area contributed by atoms with E-state index in [2.05, 4.69) is 5.32 Å². The maximum atomic E-state index is 11.6. The van der Waals surface area contributed by atoms with Crippen LogP contribution in [0.2, 0.25) is 0 Å². The van der Waals surface area contributed by atoms with E-state index in [1.54, 1.807) is 6.08 Å². The standard InChI is InChI=1S/C14H17NO4/c1-10-4-2-3-5-11(10)6-7-13(17)15-12(8-9-16)14(18)19/h2-7,12,16H,8-9H2,1H3,(H,15,17)(H,18,19)/b7-6+/t12-/m0/s1. The van der Waals surface area contributed by atoms with E-state index in [0.717, 1.165) is 11.1 Å². The van der Waals surface area contributed by atoms with Crippen molar-refractivity contribution in [2.75, 3.05) is 6.61 Å². The van der Waals surface area contributed by atoms with Crippen molar-refractivity contribution in [2.45, 2.75) is 19.4 Å². The van der Waals surface area contributed by atoms with E-state index in [-0.39, 0.29) is 13.0 Å². The van der Waals surface area contributed by atoms with Gasteiger partial charge in [0.15, 0.2) is 0 Å². The van der Waals surface area contributed by atoms with Gasteiger partial charge < -0.3 is 15.5 Å². The van der Waals surface area contributed by atoms with Crippen LogP contribution in [0.1, 0.15) is 17.5 Å². The highest BCUT2D eigenvalue weighted by molar-refractivity contribution is 5.94. The zero-order valence-corrected chi connectivity index (χ0v) is 10.7. The minimum atomic E-state index is -1.16. The Labute approximate surface area is 111 Å². The number of aliphatic carboxylic acids is 1. The number of carboxylic acids is 1. The maximum Gasteiger partial charge on any atom is 0.326 e. The number of aliphatic hydroxyl groups is 1. The Morgan fingerprint density at radius 3 is 2.63 bits per heavy atom. The highest BCUT2D eigenvalue weighted by atomic mass is 16.4. The molecule has 0 aliphatic carbocycles. The van der Waals surface area contributed by atoms with Crippen molar-refractivity contribution in [3.05, 3.63) is 41.5 Å². The third-order valence-corrected chi connectivity index (χ3v) is 2.64. The topological polar surface area (TPSA) is 86.6 Å². The minimum absolute atomic E-state index is 0.0146. The van der Waals surface area contributed by atoms with Crippen LogP contribution in [0.4, 0.5) is 0 Å². The van der Waals surface area contributed by atoms with Crippen LogP contribution in [0.15, 0.2) is 30.3 Å². The number of aliphatic hydroxyl groups excluding tert-OH is 1. The molecule has 0 spiro atoms. The van der Waals surface area contributed by atoms with E-state index < -0.39 is 17.9 Å². The fourth-order valence-corrected chi connectivity index (χ4v) is 1.55. The van der Waals surface area contributed by atoms with Crippen LogP contribution in [0.3, 0.4) is 0 Å². The molecular weight excluding hydrogens is 246 g/mol. The second-order valence-electron chi connectivity index (χ2n) is 4.10. The predicted octanol–water partition coefficient (Wildman–Crippen LogP) is 0.960. The van der Waals surface area contributed by atoms with Crippen molar-refractivity contribution in [2.24, 2.45) is 0 Å². The van der Waals surface area contributed by atoms with Crippen LogP contribution in [-0.4, -0.2) is 34.7 Å². The quantitative estimate of drug-likeness (QED) is 0.667. The zero-order chi connectivity index (χ0) is 14.3. The summed E-state index contributed by atoms with van der Waals surface area (Å²) in [5.41, 5.74) is 1.92. The van der Waals surface area contributed by atoms with Gasteiger partial charge in [0.25, 0.3) is 0 Å². The number of rotatable bonds is 6. The molecule has 5 nitrogen and oxygen atoms in total. The lowest BCUT2D eigenvalue weighted by Gasteiger charge is -2.11. The van der Waals surface area contributed by atoms with E-state index in [9.17, 15) is 9.59 Å². The fourth-order valence-electron chi connectivity index (χ4n) is 1.55. The molecule has 0 saturated carbocycles. The van der Waals surface area contributed by atoms with Crippen LogP contribution in [-0.2, 0) is 9.59 Å². The Kier molecular flexibility index (Phi) is 5.75. The SMILES string of the molecule is Cc1ccccc1/C=C/C(=O)N[C@@H](CCO)C(=O)O. The Hall–Kier alpha value is -2.14. The summed E-state index contributed by atoms with van der Waals surface area (Å²) in [7, 11) is 0. The molecule has 1 atom stereocenters. The Morgan fingerprint density at radius 2 is 2.05 bits per heavy atom. The molecule has 0 aliphatic rings. The van der Waals surface area contributed by atoms with Gasteiger partial charge in [0, 0.05) is 19.1 Å². The number of hydrogen-bond donors (Lipinski definition) is 3. The normalized spacial score (nSPS) is 12.3. The van der Waals surface area contributed by atoms with E-state index in [1.165, 1.54) is 6.08 Å². The summed E-state index contributed by atoms with van der Waals surface area (Å²) in [4.78, 5) is 22.4. The number of aryl methyl sites for hydroxylation is 1. The molecule has 0 aromatic heterocycles. The summed E-state index contributed by atoms with van der Waals surface area (Å²) < 4.78 is 0. The number of carbonyl (C=O) groups excluding carboxylic acids is 1. The lowest BCUT2D eigenvalue weighted by atomic mass is 10.1.